The van der Waals surface area contributed by atoms with Crippen LogP contribution in [0.25, 0.3) is 0 Å². The number of carbonyl (C=O) groups excluding carboxylic acids is 1. The van der Waals surface area contributed by atoms with Gasteiger partial charge in [0.1, 0.15) is 0 Å². The van der Waals surface area contributed by atoms with Crippen LogP contribution < -0.4 is 0 Å². The molecular weight excluding hydrogens is 228 g/mol. The molecule has 0 saturated carbocycles. The quantitative estimate of drug-likeness (QED) is 0.581. The number of morpholine rings is 2. The Morgan fingerprint density at radius 2 is 1.24 bits per heavy atom. The van der Waals surface area contributed by atoms with Crippen molar-refractivity contribution < 1.29 is 24.2 Å². The highest BCUT2D eigenvalue weighted by molar-refractivity contribution is 5.74. The minimum absolute atomic E-state index is 0.136. The number of carboxylic acid groups (broad SMARTS) is 1. The summed E-state index contributed by atoms with van der Waals surface area (Å²) in [6.45, 7) is 5.27. The van der Waals surface area contributed by atoms with Crippen LogP contribution in [-0.2, 0) is 14.3 Å². The van der Waals surface area contributed by atoms with Crippen LogP contribution in [0.15, 0.2) is 0 Å². The molecule has 0 unspecified atom stereocenters. The molecule has 2 heterocycles. The first-order chi connectivity index (χ1) is 8.29. The Bertz CT molecular complexity index is 217. The topological polar surface area (TPSA) is 79.3 Å². The fourth-order valence-corrected chi connectivity index (χ4v) is 1.71. The zero-order valence-electron chi connectivity index (χ0n) is 9.71. The second-order valence-electron chi connectivity index (χ2n) is 3.59. The second-order valence-corrected chi connectivity index (χ2v) is 3.59. The Balaban J connectivity index is 0.000000437. The average molecular weight is 246 g/mol. The van der Waals surface area contributed by atoms with Crippen molar-refractivity contribution in [2.75, 3.05) is 52.6 Å². The number of hydrogen-bond donors (Lipinski definition) is 1. The standard InChI is InChI=1S/C9H16N2O3.CH2O2/c12-9(10-1-5-13-6-2-10)11-3-7-14-8-4-11;2-1-3/h1-8H2;1H,(H,2,3). The van der Waals surface area contributed by atoms with Gasteiger partial charge in [-0.25, -0.2) is 4.79 Å². The molecule has 0 aliphatic carbocycles. The molecule has 17 heavy (non-hydrogen) atoms. The van der Waals surface area contributed by atoms with E-state index in [1.807, 2.05) is 9.80 Å². The number of urea groups is 1. The monoisotopic (exact) mass is 246 g/mol. The summed E-state index contributed by atoms with van der Waals surface area (Å²) in [4.78, 5) is 24.0. The van der Waals surface area contributed by atoms with Crippen molar-refractivity contribution >= 4 is 12.5 Å². The molecule has 1 N–H and O–H groups in total. The lowest BCUT2D eigenvalue weighted by Crippen LogP contribution is -2.51. The molecule has 0 aromatic rings. The van der Waals surface area contributed by atoms with E-state index in [0.29, 0.717) is 26.4 Å². The van der Waals surface area contributed by atoms with Crippen LogP contribution in [-0.4, -0.2) is 80.0 Å². The molecule has 98 valence electrons. The number of carbonyl (C=O) groups is 2. The highest BCUT2D eigenvalue weighted by Crippen LogP contribution is 2.05. The van der Waals surface area contributed by atoms with Crippen molar-refractivity contribution in [3.05, 3.63) is 0 Å². The molecule has 2 amide bonds. The summed E-state index contributed by atoms with van der Waals surface area (Å²) in [5.74, 6) is 0. The van der Waals surface area contributed by atoms with Gasteiger partial charge in [0, 0.05) is 26.2 Å². The fourth-order valence-electron chi connectivity index (χ4n) is 1.71. The summed E-state index contributed by atoms with van der Waals surface area (Å²) in [7, 11) is 0. The maximum absolute atomic E-state index is 11.9. The zero-order valence-corrected chi connectivity index (χ0v) is 9.71. The Morgan fingerprint density at radius 1 is 0.941 bits per heavy atom. The van der Waals surface area contributed by atoms with Crippen LogP contribution in [0.5, 0.6) is 0 Å². The maximum atomic E-state index is 11.9. The number of hydrogen-bond acceptors (Lipinski definition) is 4. The summed E-state index contributed by atoms with van der Waals surface area (Å²) in [5, 5.41) is 6.89. The van der Waals surface area contributed by atoms with Crippen molar-refractivity contribution in [1.29, 1.82) is 0 Å². The van der Waals surface area contributed by atoms with E-state index >= 15 is 0 Å². The SMILES string of the molecule is O=C(N1CCOCC1)N1CCOCC1.O=CO. The largest absolute Gasteiger partial charge is 0.483 e. The summed E-state index contributed by atoms with van der Waals surface area (Å²) in [5.41, 5.74) is 0. The molecule has 0 radical (unpaired) electrons. The summed E-state index contributed by atoms with van der Waals surface area (Å²) >= 11 is 0. The Kier molecular flexibility index (Phi) is 6.34. The first kappa shape index (κ1) is 13.7. The van der Waals surface area contributed by atoms with Crippen LogP contribution in [0.1, 0.15) is 0 Å². The molecule has 2 fully saturated rings. The highest BCUT2D eigenvalue weighted by atomic mass is 16.5. The molecular formula is C10H18N2O5. The van der Waals surface area contributed by atoms with E-state index in [4.69, 9.17) is 19.4 Å². The van der Waals surface area contributed by atoms with Gasteiger partial charge in [0.05, 0.1) is 26.4 Å². The number of amides is 2. The number of nitrogens with zero attached hydrogens (tertiary/aromatic N) is 2. The van der Waals surface area contributed by atoms with Crippen LogP contribution in [0, 0.1) is 0 Å². The molecule has 0 aromatic carbocycles. The molecule has 0 aromatic heterocycles. The van der Waals surface area contributed by atoms with Crippen molar-refractivity contribution in [3.8, 4) is 0 Å². The molecule has 7 nitrogen and oxygen atoms in total. The predicted octanol–water partition coefficient (Wildman–Crippen LogP) is -0.528. The summed E-state index contributed by atoms with van der Waals surface area (Å²) < 4.78 is 10.4. The number of ether oxygens (including phenoxy) is 2. The van der Waals surface area contributed by atoms with E-state index in [1.165, 1.54) is 0 Å². The molecule has 2 aliphatic rings. The van der Waals surface area contributed by atoms with E-state index in [2.05, 4.69) is 0 Å². The Hall–Kier alpha value is -1.34. The highest BCUT2D eigenvalue weighted by Gasteiger charge is 2.23. The molecule has 2 saturated heterocycles. The van der Waals surface area contributed by atoms with Crippen molar-refractivity contribution in [3.63, 3.8) is 0 Å². The predicted molar refractivity (Wildman–Crippen MR) is 58.9 cm³/mol. The molecule has 2 rings (SSSR count). The van der Waals surface area contributed by atoms with Crippen LogP contribution in [0.3, 0.4) is 0 Å². The van der Waals surface area contributed by atoms with Gasteiger partial charge in [-0.2, -0.15) is 0 Å². The van der Waals surface area contributed by atoms with Gasteiger partial charge in [-0.05, 0) is 0 Å². The van der Waals surface area contributed by atoms with Gasteiger partial charge in [0.2, 0.25) is 0 Å². The van der Waals surface area contributed by atoms with E-state index in [0.717, 1.165) is 26.2 Å². The van der Waals surface area contributed by atoms with Crippen molar-refractivity contribution in [1.82, 2.24) is 9.80 Å². The summed E-state index contributed by atoms with van der Waals surface area (Å²) in [6, 6.07) is 0.136. The van der Waals surface area contributed by atoms with E-state index in [1.54, 1.807) is 0 Å². The van der Waals surface area contributed by atoms with E-state index in [9.17, 15) is 4.79 Å². The lowest BCUT2D eigenvalue weighted by molar-refractivity contribution is -0.122. The minimum Gasteiger partial charge on any atom is -0.483 e. The van der Waals surface area contributed by atoms with E-state index < -0.39 is 0 Å². The maximum Gasteiger partial charge on any atom is 0.320 e. The fraction of sp³-hybridized carbons (Fsp3) is 0.800. The van der Waals surface area contributed by atoms with Gasteiger partial charge in [0.25, 0.3) is 6.47 Å². The van der Waals surface area contributed by atoms with Gasteiger partial charge in [0.15, 0.2) is 0 Å². The van der Waals surface area contributed by atoms with Crippen LogP contribution in [0.4, 0.5) is 4.79 Å². The average Bonchev–Trinajstić information content (AvgIpc) is 2.41. The van der Waals surface area contributed by atoms with Crippen molar-refractivity contribution in [2.45, 2.75) is 0 Å². The zero-order chi connectivity index (χ0) is 12.5. The van der Waals surface area contributed by atoms with Gasteiger partial charge < -0.3 is 24.4 Å². The smallest absolute Gasteiger partial charge is 0.320 e. The first-order valence-electron chi connectivity index (χ1n) is 5.56. The lowest BCUT2D eigenvalue weighted by atomic mass is 10.4. The second kappa shape index (κ2) is 7.86. The third-order valence-electron chi connectivity index (χ3n) is 2.56. The molecule has 2 aliphatic heterocycles. The van der Waals surface area contributed by atoms with Gasteiger partial charge in [-0.15, -0.1) is 0 Å². The summed E-state index contributed by atoms with van der Waals surface area (Å²) in [6.07, 6.45) is 0. The Labute approximate surface area is 99.9 Å². The van der Waals surface area contributed by atoms with Gasteiger partial charge in [-0.3, -0.25) is 4.79 Å². The van der Waals surface area contributed by atoms with Crippen LogP contribution >= 0.6 is 0 Å². The third kappa shape index (κ3) is 4.58. The van der Waals surface area contributed by atoms with Gasteiger partial charge >= 0.3 is 6.03 Å². The van der Waals surface area contributed by atoms with Crippen LogP contribution in [0.2, 0.25) is 0 Å². The van der Waals surface area contributed by atoms with E-state index in [-0.39, 0.29) is 12.5 Å². The molecule has 0 atom stereocenters. The first-order valence-corrected chi connectivity index (χ1v) is 5.56. The number of rotatable bonds is 0. The Morgan fingerprint density at radius 3 is 1.53 bits per heavy atom. The van der Waals surface area contributed by atoms with Gasteiger partial charge in [-0.1, -0.05) is 0 Å². The lowest BCUT2D eigenvalue weighted by Gasteiger charge is -2.34. The third-order valence-corrected chi connectivity index (χ3v) is 2.56. The normalized spacial score (nSPS) is 20.2. The molecule has 0 spiro atoms. The minimum atomic E-state index is -0.250. The van der Waals surface area contributed by atoms with Crippen molar-refractivity contribution in [2.24, 2.45) is 0 Å². The molecule has 7 heteroatoms. The molecule has 0 bridgehead atoms.